The number of likely N-dealkylation sites (tertiary alicyclic amines) is 1. The Balaban J connectivity index is 1.63. The van der Waals surface area contributed by atoms with Crippen molar-refractivity contribution < 1.29 is 4.79 Å². The highest BCUT2D eigenvalue weighted by molar-refractivity contribution is 5.91. The first-order valence-electron chi connectivity index (χ1n) is 7.48. The third kappa shape index (κ3) is 2.24. The van der Waals surface area contributed by atoms with Crippen LogP contribution in [0.2, 0.25) is 0 Å². The van der Waals surface area contributed by atoms with Gasteiger partial charge in [0, 0.05) is 24.5 Å². The summed E-state index contributed by atoms with van der Waals surface area (Å²) in [4.78, 5) is 20.5. The number of amides is 1. The molecule has 0 N–H and O–H groups in total. The van der Waals surface area contributed by atoms with Crippen LogP contribution in [0.15, 0.2) is 18.5 Å². The maximum atomic E-state index is 12.8. The van der Waals surface area contributed by atoms with Gasteiger partial charge in [0.25, 0.3) is 11.7 Å². The third-order valence-corrected chi connectivity index (χ3v) is 4.10. The standard InChI is InChI=1S/C14H16N8O/c1-9-7-10(2)21-12(18-19-14(21)17-9)13(23)20-6-3-11(8-20)22-15-4-5-16-22/h4-5,7,11H,3,6,8H2,1-2H3. The second kappa shape index (κ2) is 5.11. The lowest BCUT2D eigenvalue weighted by molar-refractivity contribution is 0.0772. The Morgan fingerprint density at radius 3 is 2.78 bits per heavy atom. The van der Waals surface area contributed by atoms with Gasteiger partial charge in [-0.05, 0) is 26.3 Å². The van der Waals surface area contributed by atoms with E-state index in [0.717, 1.165) is 17.8 Å². The normalized spacial score (nSPS) is 18.0. The number of hydrogen-bond donors (Lipinski definition) is 0. The van der Waals surface area contributed by atoms with Crippen molar-refractivity contribution in [2.75, 3.05) is 13.1 Å². The lowest BCUT2D eigenvalue weighted by Crippen LogP contribution is -2.31. The van der Waals surface area contributed by atoms with E-state index >= 15 is 0 Å². The molecule has 4 rings (SSSR count). The van der Waals surface area contributed by atoms with Crippen LogP contribution in [0, 0.1) is 13.8 Å². The molecule has 1 atom stereocenters. The van der Waals surface area contributed by atoms with Crippen molar-refractivity contribution in [3.63, 3.8) is 0 Å². The number of aromatic nitrogens is 7. The van der Waals surface area contributed by atoms with Gasteiger partial charge in [-0.2, -0.15) is 15.0 Å². The van der Waals surface area contributed by atoms with Gasteiger partial charge in [-0.3, -0.25) is 9.20 Å². The van der Waals surface area contributed by atoms with Crippen LogP contribution >= 0.6 is 0 Å². The average Bonchev–Trinajstić information content (AvgIpc) is 3.25. The Labute approximate surface area is 131 Å². The SMILES string of the molecule is Cc1cc(C)n2c(C(=O)N3CCC(n4nccn4)C3)nnc2n1. The molecule has 1 fully saturated rings. The number of nitrogens with zero attached hydrogens (tertiary/aromatic N) is 8. The van der Waals surface area contributed by atoms with E-state index < -0.39 is 0 Å². The fourth-order valence-corrected chi connectivity index (χ4v) is 3.04. The van der Waals surface area contributed by atoms with E-state index in [1.54, 1.807) is 26.5 Å². The quantitative estimate of drug-likeness (QED) is 0.680. The summed E-state index contributed by atoms with van der Waals surface area (Å²) in [6, 6.07) is 2.02. The Morgan fingerprint density at radius 2 is 2.00 bits per heavy atom. The highest BCUT2D eigenvalue weighted by Crippen LogP contribution is 2.21. The molecule has 1 saturated heterocycles. The number of rotatable bonds is 2. The first-order chi connectivity index (χ1) is 11.1. The summed E-state index contributed by atoms with van der Waals surface area (Å²) < 4.78 is 1.70. The van der Waals surface area contributed by atoms with Gasteiger partial charge in [0.2, 0.25) is 5.82 Å². The number of fused-ring (bicyclic) bond motifs is 1. The van der Waals surface area contributed by atoms with Gasteiger partial charge in [-0.25, -0.2) is 4.98 Å². The third-order valence-electron chi connectivity index (χ3n) is 4.10. The zero-order chi connectivity index (χ0) is 16.0. The lowest BCUT2D eigenvalue weighted by Gasteiger charge is -2.15. The highest BCUT2D eigenvalue weighted by Gasteiger charge is 2.31. The topological polar surface area (TPSA) is 94.1 Å². The summed E-state index contributed by atoms with van der Waals surface area (Å²) in [5.74, 6) is 0.621. The molecule has 3 aromatic heterocycles. The molecule has 0 radical (unpaired) electrons. The van der Waals surface area contributed by atoms with E-state index in [1.807, 2.05) is 19.9 Å². The van der Waals surface area contributed by atoms with Gasteiger partial charge in [-0.1, -0.05) is 0 Å². The van der Waals surface area contributed by atoms with Gasteiger partial charge in [0.05, 0.1) is 18.4 Å². The Kier molecular flexibility index (Phi) is 3.07. The Morgan fingerprint density at radius 1 is 1.22 bits per heavy atom. The molecule has 0 saturated carbocycles. The minimum atomic E-state index is -0.138. The molecular weight excluding hydrogens is 296 g/mol. The minimum Gasteiger partial charge on any atom is -0.334 e. The van der Waals surface area contributed by atoms with Gasteiger partial charge >= 0.3 is 0 Å². The fourth-order valence-electron chi connectivity index (χ4n) is 3.04. The second-order valence-corrected chi connectivity index (χ2v) is 5.74. The molecule has 9 nitrogen and oxygen atoms in total. The molecule has 1 amide bonds. The predicted octanol–water partition coefficient (Wildman–Crippen LogP) is 0.420. The van der Waals surface area contributed by atoms with E-state index in [9.17, 15) is 4.79 Å². The van der Waals surface area contributed by atoms with Crippen LogP contribution in [-0.4, -0.2) is 58.5 Å². The molecule has 0 aromatic carbocycles. The van der Waals surface area contributed by atoms with Crippen LogP contribution in [0.3, 0.4) is 0 Å². The lowest BCUT2D eigenvalue weighted by atomic mass is 10.3. The Bertz CT molecular complexity index is 868. The van der Waals surface area contributed by atoms with Crippen LogP contribution in [0.5, 0.6) is 0 Å². The van der Waals surface area contributed by atoms with Crippen LogP contribution < -0.4 is 0 Å². The minimum absolute atomic E-state index is 0.106. The molecule has 9 heteroatoms. The second-order valence-electron chi connectivity index (χ2n) is 5.74. The molecule has 1 unspecified atom stereocenters. The van der Waals surface area contributed by atoms with Crippen LogP contribution in [0.25, 0.3) is 5.78 Å². The highest BCUT2D eigenvalue weighted by atomic mass is 16.2. The molecule has 0 aliphatic carbocycles. The fraction of sp³-hybridized carbons (Fsp3) is 0.429. The first kappa shape index (κ1) is 13.8. The number of carbonyl (C=O) groups is 1. The van der Waals surface area contributed by atoms with Crippen molar-refractivity contribution in [3.05, 3.63) is 35.7 Å². The summed E-state index contributed by atoms with van der Waals surface area (Å²) in [6.45, 7) is 5.03. The molecule has 1 aliphatic heterocycles. The number of aryl methyl sites for hydroxylation is 2. The van der Waals surface area contributed by atoms with Crippen molar-refractivity contribution in [1.29, 1.82) is 0 Å². The number of hydrogen-bond acceptors (Lipinski definition) is 6. The van der Waals surface area contributed by atoms with Crippen molar-refractivity contribution >= 4 is 11.7 Å². The molecule has 4 heterocycles. The molecule has 0 spiro atoms. The molecule has 118 valence electrons. The van der Waals surface area contributed by atoms with E-state index in [4.69, 9.17) is 0 Å². The molecule has 3 aromatic rings. The summed E-state index contributed by atoms with van der Waals surface area (Å²) in [5, 5.41) is 16.4. The predicted molar refractivity (Wildman–Crippen MR) is 79.8 cm³/mol. The summed E-state index contributed by atoms with van der Waals surface area (Å²) in [7, 11) is 0. The Hall–Kier alpha value is -2.84. The van der Waals surface area contributed by atoms with Gasteiger partial charge < -0.3 is 4.90 Å². The monoisotopic (exact) mass is 312 g/mol. The average molecular weight is 312 g/mol. The molecule has 1 aliphatic rings. The van der Waals surface area contributed by atoms with E-state index in [1.165, 1.54) is 0 Å². The van der Waals surface area contributed by atoms with Crippen molar-refractivity contribution in [3.8, 4) is 0 Å². The van der Waals surface area contributed by atoms with Gasteiger partial charge in [-0.15, -0.1) is 10.2 Å². The molecular formula is C14H16N8O. The maximum Gasteiger partial charge on any atom is 0.292 e. The van der Waals surface area contributed by atoms with Crippen LogP contribution in [0.4, 0.5) is 0 Å². The molecule has 0 bridgehead atoms. The van der Waals surface area contributed by atoms with Crippen molar-refractivity contribution in [2.24, 2.45) is 0 Å². The smallest absolute Gasteiger partial charge is 0.292 e. The molecule has 23 heavy (non-hydrogen) atoms. The van der Waals surface area contributed by atoms with E-state index in [2.05, 4.69) is 25.4 Å². The van der Waals surface area contributed by atoms with E-state index in [0.29, 0.717) is 24.7 Å². The maximum absolute atomic E-state index is 12.8. The summed E-state index contributed by atoms with van der Waals surface area (Å²) in [6.07, 6.45) is 4.12. The van der Waals surface area contributed by atoms with Crippen molar-refractivity contribution in [2.45, 2.75) is 26.3 Å². The van der Waals surface area contributed by atoms with Crippen LogP contribution in [0.1, 0.15) is 34.5 Å². The van der Waals surface area contributed by atoms with Gasteiger partial charge in [0.15, 0.2) is 0 Å². The number of carbonyl (C=O) groups excluding carboxylic acids is 1. The zero-order valence-electron chi connectivity index (χ0n) is 12.9. The zero-order valence-corrected chi connectivity index (χ0v) is 12.9. The summed E-state index contributed by atoms with van der Waals surface area (Å²) in [5.41, 5.74) is 1.75. The van der Waals surface area contributed by atoms with Crippen molar-refractivity contribution in [1.82, 2.24) is 39.5 Å². The first-order valence-corrected chi connectivity index (χ1v) is 7.48. The summed E-state index contributed by atoms with van der Waals surface area (Å²) >= 11 is 0. The van der Waals surface area contributed by atoms with Gasteiger partial charge in [0.1, 0.15) is 0 Å². The van der Waals surface area contributed by atoms with E-state index in [-0.39, 0.29) is 11.9 Å². The largest absolute Gasteiger partial charge is 0.334 e. The van der Waals surface area contributed by atoms with Crippen LogP contribution in [-0.2, 0) is 0 Å².